The first-order chi connectivity index (χ1) is 15.4. The molecular weight excluding hydrogens is 404 g/mol. The SMILES string of the molecule is CCNc1cc(N2CCN(C(=O)C3CC(=O)N(c4ccc(C)c(C)c4)C3)CC2)nc(C)n1. The van der Waals surface area contributed by atoms with E-state index in [1.165, 1.54) is 5.56 Å². The molecule has 2 amide bonds. The summed E-state index contributed by atoms with van der Waals surface area (Å²) < 4.78 is 0. The van der Waals surface area contributed by atoms with E-state index < -0.39 is 0 Å². The number of hydrogen-bond donors (Lipinski definition) is 1. The molecule has 0 spiro atoms. The molecule has 8 nitrogen and oxygen atoms in total. The molecule has 1 atom stereocenters. The minimum atomic E-state index is -0.280. The zero-order valence-corrected chi connectivity index (χ0v) is 19.4. The van der Waals surface area contributed by atoms with E-state index in [1.807, 2.05) is 49.9 Å². The molecule has 2 fully saturated rings. The number of piperazine rings is 1. The van der Waals surface area contributed by atoms with E-state index in [9.17, 15) is 9.59 Å². The van der Waals surface area contributed by atoms with E-state index in [1.54, 1.807) is 4.90 Å². The lowest BCUT2D eigenvalue weighted by Gasteiger charge is -2.36. The maximum absolute atomic E-state index is 13.2. The molecular formula is C24H32N6O2. The molecule has 1 aromatic heterocycles. The average molecular weight is 437 g/mol. The summed E-state index contributed by atoms with van der Waals surface area (Å²) >= 11 is 0. The van der Waals surface area contributed by atoms with Crippen molar-refractivity contribution in [2.45, 2.75) is 34.1 Å². The van der Waals surface area contributed by atoms with Gasteiger partial charge in [-0.3, -0.25) is 9.59 Å². The maximum Gasteiger partial charge on any atom is 0.228 e. The number of rotatable bonds is 5. The van der Waals surface area contributed by atoms with E-state index in [-0.39, 0.29) is 24.2 Å². The molecule has 2 aliphatic heterocycles. The van der Waals surface area contributed by atoms with E-state index in [0.717, 1.165) is 48.3 Å². The Hall–Kier alpha value is -3.16. The highest BCUT2D eigenvalue weighted by atomic mass is 16.2. The topological polar surface area (TPSA) is 81.7 Å². The normalized spacial score (nSPS) is 18.9. The number of carbonyl (C=O) groups excluding carboxylic acids is 2. The van der Waals surface area contributed by atoms with Crippen molar-refractivity contribution >= 4 is 29.1 Å². The average Bonchev–Trinajstić information content (AvgIpc) is 3.17. The lowest BCUT2D eigenvalue weighted by atomic mass is 10.1. The predicted octanol–water partition coefficient (Wildman–Crippen LogP) is 2.54. The van der Waals surface area contributed by atoms with Gasteiger partial charge >= 0.3 is 0 Å². The maximum atomic E-state index is 13.2. The van der Waals surface area contributed by atoms with E-state index in [0.29, 0.717) is 19.6 Å². The molecule has 0 saturated carbocycles. The van der Waals surface area contributed by atoms with Gasteiger partial charge in [0, 0.05) is 57.4 Å². The fraction of sp³-hybridized carbons (Fsp3) is 0.500. The van der Waals surface area contributed by atoms with Crippen LogP contribution in [-0.2, 0) is 9.59 Å². The molecule has 8 heteroatoms. The third kappa shape index (κ3) is 4.54. The molecule has 170 valence electrons. The van der Waals surface area contributed by atoms with Gasteiger partial charge in [0.15, 0.2) is 0 Å². The molecule has 0 bridgehead atoms. The number of benzene rings is 1. The van der Waals surface area contributed by atoms with Crippen molar-refractivity contribution in [3.63, 3.8) is 0 Å². The van der Waals surface area contributed by atoms with Crippen LogP contribution in [0.3, 0.4) is 0 Å². The minimum absolute atomic E-state index is 0.0256. The highest BCUT2D eigenvalue weighted by molar-refractivity contribution is 6.00. The lowest BCUT2D eigenvalue weighted by Crippen LogP contribution is -2.51. The Labute approximate surface area is 189 Å². The van der Waals surface area contributed by atoms with Crippen LogP contribution in [0.1, 0.15) is 30.3 Å². The molecule has 2 aliphatic rings. The number of nitrogens with one attached hydrogen (secondary N) is 1. The van der Waals surface area contributed by atoms with Crippen LogP contribution in [0.15, 0.2) is 24.3 Å². The van der Waals surface area contributed by atoms with Crippen molar-refractivity contribution < 1.29 is 9.59 Å². The van der Waals surface area contributed by atoms with E-state index in [4.69, 9.17) is 0 Å². The quantitative estimate of drug-likeness (QED) is 0.776. The number of aryl methyl sites for hydroxylation is 3. The molecule has 1 aromatic carbocycles. The smallest absolute Gasteiger partial charge is 0.228 e. The van der Waals surface area contributed by atoms with Crippen LogP contribution >= 0.6 is 0 Å². The Bertz CT molecular complexity index is 1020. The zero-order valence-electron chi connectivity index (χ0n) is 19.4. The first-order valence-corrected chi connectivity index (χ1v) is 11.4. The Balaban J connectivity index is 1.37. The van der Waals surface area contributed by atoms with Crippen molar-refractivity contribution in [1.82, 2.24) is 14.9 Å². The minimum Gasteiger partial charge on any atom is -0.370 e. The Morgan fingerprint density at radius 2 is 1.81 bits per heavy atom. The van der Waals surface area contributed by atoms with Crippen molar-refractivity contribution in [1.29, 1.82) is 0 Å². The van der Waals surface area contributed by atoms with Gasteiger partial charge in [-0.15, -0.1) is 0 Å². The molecule has 1 unspecified atom stereocenters. The van der Waals surface area contributed by atoms with E-state index >= 15 is 0 Å². The van der Waals surface area contributed by atoms with Crippen LogP contribution in [-0.4, -0.2) is 66.0 Å². The number of amides is 2. The summed E-state index contributed by atoms with van der Waals surface area (Å²) in [4.78, 5) is 40.7. The van der Waals surface area contributed by atoms with Crippen LogP contribution in [0.4, 0.5) is 17.3 Å². The Kier molecular flexibility index (Phi) is 6.30. The largest absolute Gasteiger partial charge is 0.370 e. The molecule has 4 rings (SSSR count). The second-order valence-electron chi connectivity index (χ2n) is 8.68. The van der Waals surface area contributed by atoms with Crippen LogP contribution < -0.4 is 15.1 Å². The molecule has 2 saturated heterocycles. The summed E-state index contributed by atoms with van der Waals surface area (Å²) in [7, 11) is 0. The van der Waals surface area contributed by atoms with Gasteiger partial charge in [-0.25, -0.2) is 9.97 Å². The van der Waals surface area contributed by atoms with Crippen molar-refractivity contribution in [3.8, 4) is 0 Å². The second-order valence-corrected chi connectivity index (χ2v) is 8.68. The van der Waals surface area contributed by atoms with Gasteiger partial charge in [0.2, 0.25) is 11.8 Å². The number of carbonyl (C=O) groups is 2. The second kappa shape index (κ2) is 9.14. The monoisotopic (exact) mass is 436 g/mol. The highest BCUT2D eigenvalue weighted by Crippen LogP contribution is 2.28. The molecule has 2 aromatic rings. The lowest BCUT2D eigenvalue weighted by molar-refractivity contribution is -0.136. The third-order valence-corrected chi connectivity index (χ3v) is 6.37. The summed E-state index contributed by atoms with van der Waals surface area (Å²) in [5.74, 6) is 2.27. The van der Waals surface area contributed by atoms with Crippen molar-refractivity contribution in [2.24, 2.45) is 5.92 Å². The third-order valence-electron chi connectivity index (χ3n) is 6.37. The molecule has 0 radical (unpaired) electrons. The van der Waals surface area contributed by atoms with Crippen LogP contribution in [0.25, 0.3) is 0 Å². The van der Waals surface area contributed by atoms with Gasteiger partial charge in [-0.2, -0.15) is 0 Å². The summed E-state index contributed by atoms with van der Waals surface area (Å²) in [5, 5.41) is 3.24. The van der Waals surface area contributed by atoms with Gasteiger partial charge in [0.25, 0.3) is 0 Å². The van der Waals surface area contributed by atoms with Crippen molar-refractivity contribution in [2.75, 3.05) is 54.4 Å². The van der Waals surface area contributed by atoms with Crippen LogP contribution in [0, 0.1) is 26.7 Å². The first kappa shape index (κ1) is 22.0. The molecule has 1 N–H and O–H groups in total. The zero-order chi connectivity index (χ0) is 22.8. The van der Waals surface area contributed by atoms with E-state index in [2.05, 4.69) is 27.1 Å². The van der Waals surface area contributed by atoms with Gasteiger partial charge in [-0.05, 0) is 51.0 Å². The number of anilines is 3. The number of nitrogens with zero attached hydrogens (tertiary/aromatic N) is 5. The standard InChI is InChI=1S/C24H32N6O2/c1-5-25-21-14-22(27-18(4)26-21)28-8-10-29(11-9-28)24(32)19-13-23(31)30(15-19)20-7-6-16(2)17(3)12-20/h6-7,12,14,19H,5,8-11,13,15H2,1-4H3,(H,25,26,27). The molecule has 32 heavy (non-hydrogen) atoms. The number of aromatic nitrogens is 2. The highest BCUT2D eigenvalue weighted by Gasteiger charge is 2.38. The van der Waals surface area contributed by atoms with Crippen LogP contribution in [0.5, 0.6) is 0 Å². The predicted molar refractivity (Wildman–Crippen MR) is 126 cm³/mol. The molecule has 0 aliphatic carbocycles. The van der Waals surface area contributed by atoms with Gasteiger partial charge in [0.1, 0.15) is 17.5 Å². The first-order valence-electron chi connectivity index (χ1n) is 11.4. The molecule has 3 heterocycles. The van der Waals surface area contributed by atoms with Gasteiger partial charge in [0.05, 0.1) is 5.92 Å². The summed E-state index contributed by atoms with van der Waals surface area (Å²) in [6.45, 7) is 12.0. The van der Waals surface area contributed by atoms with Crippen LogP contribution in [0.2, 0.25) is 0 Å². The summed E-state index contributed by atoms with van der Waals surface area (Å²) in [6, 6.07) is 8.00. The number of hydrogen-bond acceptors (Lipinski definition) is 6. The van der Waals surface area contributed by atoms with Crippen molar-refractivity contribution in [3.05, 3.63) is 41.2 Å². The Morgan fingerprint density at radius 1 is 1.06 bits per heavy atom. The van der Waals surface area contributed by atoms with Gasteiger partial charge < -0.3 is 20.0 Å². The fourth-order valence-electron chi connectivity index (χ4n) is 4.42. The fourth-order valence-corrected chi connectivity index (χ4v) is 4.42. The van der Waals surface area contributed by atoms with Gasteiger partial charge in [-0.1, -0.05) is 6.07 Å². The summed E-state index contributed by atoms with van der Waals surface area (Å²) in [5.41, 5.74) is 3.23. The summed E-state index contributed by atoms with van der Waals surface area (Å²) in [6.07, 6.45) is 0.281. The Morgan fingerprint density at radius 3 is 2.50 bits per heavy atom.